The number of carbonyl (C=O) groups excluding carboxylic acids is 1. The summed E-state index contributed by atoms with van der Waals surface area (Å²) in [6.07, 6.45) is 1.77. The molecule has 1 aromatic carbocycles. The van der Waals surface area contributed by atoms with Crippen molar-refractivity contribution in [1.82, 2.24) is 9.47 Å². The number of rotatable bonds is 5. The van der Waals surface area contributed by atoms with Gasteiger partial charge in [-0.05, 0) is 11.6 Å². The Balaban J connectivity index is 2.17. The minimum Gasteiger partial charge on any atom is -0.383 e. The maximum atomic E-state index is 12.9. The van der Waals surface area contributed by atoms with Gasteiger partial charge in [0.05, 0.1) is 30.9 Å². The molecule has 1 amide bonds. The SMILES string of the molecule is COCCn1c(=O)/c(=C\c2ccccc2)s/c1=C(/C#N)C(=O)N1CCOCC1. The van der Waals surface area contributed by atoms with Crippen LogP contribution in [0.1, 0.15) is 5.56 Å². The van der Waals surface area contributed by atoms with Crippen LogP contribution in [0.2, 0.25) is 0 Å². The zero-order valence-electron chi connectivity index (χ0n) is 15.6. The van der Waals surface area contributed by atoms with Gasteiger partial charge in [-0.15, -0.1) is 11.3 Å². The molecule has 1 aliphatic rings. The predicted molar refractivity (Wildman–Crippen MR) is 106 cm³/mol. The highest BCUT2D eigenvalue weighted by Gasteiger charge is 2.23. The van der Waals surface area contributed by atoms with E-state index in [0.717, 1.165) is 16.9 Å². The first-order valence-electron chi connectivity index (χ1n) is 8.92. The number of thiazole rings is 1. The van der Waals surface area contributed by atoms with Crippen molar-refractivity contribution in [2.45, 2.75) is 6.54 Å². The molecule has 28 heavy (non-hydrogen) atoms. The van der Waals surface area contributed by atoms with Gasteiger partial charge >= 0.3 is 0 Å². The number of amides is 1. The number of nitriles is 1. The lowest BCUT2D eigenvalue weighted by molar-refractivity contribution is -0.128. The van der Waals surface area contributed by atoms with E-state index in [1.807, 2.05) is 36.4 Å². The molecule has 1 fully saturated rings. The largest absolute Gasteiger partial charge is 0.383 e. The van der Waals surface area contributed by atoms with Crippen LogP contribution in [0.3, 0.4) is 0 Å². The van der Waals surface area contributed by atoms with Crippen molar-refractivity contribution in [3.8, 4) is 6.07 Å². The summed E-state index contributed by atoms with van der Waals surface area (Å²) in [6.45, 7) is 2.32. The Labute approximate surface area is 166 Å². The van der Waals surface area contributed by atoms with Crippen LogP contribution in [0.5, 0.6) is 0 Å². The molecule has 0 saturated carbocycles. The topological polar surface area (TPSA) is 84.6 Å². The molecule has 3 rings (SSSR count). The third-order valence-corrected chi connectivity index (χ3v) is 5.49. The summed E-state index contributed by atoms with van der Waals surface area (Å²) in [5.74, 6) is -0.371. The second-order valence-electron chi connectivity index (χ2n) is 6.17. The average Bonchev–Trinajstić information content (AvgIpc) is 3.03. The molecule has 2 heterocycles. The number of ether oxygens (including phenoxy) is 2. The summed E-state index contributed by atoms with van der Waals surface area (Å²) in [5.41, 5.74) is 0.626. The number of hydrogen-bond acceptors (Lipinski definition) is 6. The van der Waals surface area contributed by atoms with E-state index in [0.29, 0.717) is 42.1 Å². The fourth-order valence-electron chi connectivity index (χ4n) is 2.90. The van der Waals surface area contributed by atoms with Crippen LogP contribution in [-0.2, 0) is 20.8 Å². The van der Waals surface area contributed by atoms with Gasteiger partial charge in [0.2, 0.25) is 0 Å². The van der Waals surface area contributed by atoms with E-state index in [4.69, 9.17) is 9.47 Å². The Morgan fingerprint density at radius 2 is 2.04 bits per heavy atom. The minimum absolute atomic E-state index is 0.0205. The van der Waals surface area contributed by atoms with Crippen LogP contribution in [0.4, 0.5) is 0 Å². The van der Waals surface area contributed by atoms with Gasteiger partial charge in [-0.3, -0.25) is 14.2 Å². The molecule has 1 aliphatic heterocycles. The van der Waals surface area contributed by atoms with Gasteiger partial charge in [-0.25, -0.2) is 0 Å². The van der Waals surface area contributed by atoms with Gasteiger partial charge in [0.1, 0.15) is 10.7 Å². The van der Waals surface area contributed by atoms with Gasteiger partial charge in [0.15, 0.2) is 5.57 Å². The quantitative estimate of drug-likeness (QED) is 0.702. The predicted octanol–water partition coefficient (Wildman–Crippen LogP) is -0.0819. The fourth-order valence-corrected chi connectivity index (χ4v) is 4.02. The van der Waals surface area contributed by atoms with Crippen LogP contribution in [-0.4, -0.2) is 55.4 Å². The molecule has 0 spiro atoms. The molecule has 0 radical (unpaired) electrons. The number of methoxy groups -OCH3 is 1. The highest BCUT2D eigenvalue weighted by Crippen LogP contribution is 2.05. The van der Waals surface area contributed by atoms with Gasteiger partial charge in [0, 0.05) is 20.2 Å². The van der Waals surface area contributed by atoms with E-state index < -0.39 is 0 Å². The Hall–Kier alpha value is -2.73. The van der Waals surface area contributed by atoms with Gasteiger partial charge in [0.25, 0.3) is 11.5 Å². The van der Waals surface area contributed by atoms with Crippen molar-refractivity contribution in [2.24, 2.45) is 0 Å². The van der Waals surface area contributed by atoms with Crippen LogP contribution >= 0.6 is 11.3 Å². The van der Waals surface area contributed by atoms with Crippen molar-refractivity contribution in [3.05, 3.63) is 55.4 Å². The van der Waals surface area contributed by atoms with Crippen molar-refractivity contribution < 1.29 is 14.3 Å². The first-order valence-corrected chi connectivity index (χ1v) is 9.74. The molecular formula is C20H21N3O4S. The van der Waals surface area contributed by atoms with E-state index in [-0.39, 0.29) is 23.6 Å². The first kappa shape index (κ1) is 20.0. The molecule has 0 unspecified atom stereocenters. The van der Waals surface area contributed by atoms with Crippen LogP contribution in [0.25, 0.3) is 11.6 Å². The Morgan fingerprint density at radius 3 is 2.68 bits per heavy atom. The average molecular weight is 399 g/mol. The highest BCUT2D eigenvalue weighted by molar-refractivity contribution is 7.07. The molecule has 1 saturated heterocycles. The summed E-state index contributed by atoms with van der Waals surface area (Å²) in [6, 6.07) is 11.5. The second-order valence-corrected chi connectivity index (χ2v) is 7.20. The minimum atomic E-state index is -0.371. The van der Waals surface area contributed by atoms with Crippen molar-refractivity contribution in [2.75, 3.05) is 40.0 Å². The molecule has 0 atom stereocenters. The number of aromatic nitrogens is 1. The van der Waals surface area contributed by atoms with Crippen molar-refractivity contribution in [1.29, 1.82) is 5.26 Å². The van der Waals surface area contributed by atoms with Crippen LogP contribution < -0.4 is 14.8 Å². The smallest absolute Gasteiger partial charge is 0.269 e. The molecule has 7 nitrogen and oxygen atoms in total. The highest BCUT2D eigenvalue weighted by atomic mass is 32.1. The zero-order chi connectivity index (χ0) is 19.9. The van der Waals surface area contributed by atoms with Gasteiger partial charge in [-0.1, -0.05) is 30.3 Å². The normalized spacial score (nSPS) is 16.0. The van der Waals surface area contributed by atoms with E-state index in [2.05, 4.69) is 0 Å². The summed E-state index contributed by atoms with van der Waals surface area (Å²) in [5, 5.41) is 9.70. The molecule has 8 heteroatoms. The number of nitrogens with zero attached hydrogens (tertiary/aromatic N) is 3. The number of benzene rings is 1. The molecule has 2 aromatic rings. The van der Waals surface area contributed by atoms with E-state index >= 15 is 0 Å². The number of hydrogen-bond donors (Lipinski definition) is 0. The third-order valence-electron chi connectivity index (χ3n) is 4.36. The number of morpholine rings is 1. The van der Waals surface area contributed by atoms with E-state index in [9.17, 15) is 14.9 Å². The lowest BCUT2D eigenvalue weighted by Gasteiger charge is -2.26. The Morgan fingerprint density at radius 1 is 1.32 bits per heavy atom. The molecular weight excluding hydrogens is 378 g/mol. The number of carbonyl (C=O) groups is 1. The van der Waals surface area contributed by atoms with Gasteiger partial charge < -0.3 is 14.4 Å². The molecule has 146 valence electrons. The molecule has 1 aromatic heterocycles. The molecule has 0 bridgehead atoms. The van der Waals surface area contributed by atoms with Crippen LogP contribution in [0.15, 0.2) is 35.1 Å². The van der Waals surface area contributed by atoms with Crippen molar-refractivity contribution in [3.63, 3.8) is 0 Å². The molecule has 0 N–H and O–H groups in total. The standard InChI is InChI=1S/C20H21N3O4S/c1-26-10-9-23-19(25)17(13-15-5-3-2-4-6-15)28-20(23)16(14-21)18(24)22-7-11-27-12-8-22/h2-6,13H,7-12H2,1H3/b17-13+,20-16-. The van der Waals surface area contributed by atoms with Crippen molar-refractivity contribution >= 4 is 28.9 Å². The Kier molecular flexibility index (Phi) is 6.76. The van der Waals surface area contributed by atoms with E-state index in [1.54, 1.807) is 18.1 Å². The summed E-state index contributed by atoms with van der Waals surface area (Å²) in [7, 11) is 1.54. The lowest BCUT2D eigenvalue weighted by Crippen LogP contribution is -2.43. The van der Waals surface area contributed by atoms with E-state index in [1.165, 1.54) is 4.57 Å². The summed E-state index contributed by atoms with van der Waals surface area (Å²) < 4.78 is 12.7. The first-order chi connectivity index (χ1) is 13.7. The lowest BCUT2D eigenvalue weighted by atomic mass is 10.2. The zero-order valence-corrected chi connectivity index (χ0v) is 16.4. The monoisotopic (exact) mass is 399 g/mol. The van der Waals surface area contributed by atoms with Gasteiger partial charge in [-0.2, -0.15) is 5.26 Å². The second kappa shape index (κ2) is 9.46. The van der Waals surface area contributed by atoms with Crippen LogP contribution in [0, 0.1) is 11.3 Å². The summed E-state index contributed by atoms with van der Waals surface area (Å²) in [4.78, 5) is 27.4. The third kappa shape index (κ3) is 4.39. The Bertz CT molecular complexity index is 1040. The fraction of sp³-hybridized carbons (Fsp3) is 0.350. The summed E-state index contributed by atoms with van der Waals surface area (Å²) >= 11 is 1.16. The maximum absolute atomic E-state index is 12.9. The maximum Gasteiger partial charge on any atom is 0.269 e. The molecule has 0 aliphatic carbocycles.